The predicted octanol–water partition coefficient (Wildman–Crippen LogP) is 3.23. The first-order valence-corrected chi connectivity index (χ1v) is 6.63. The molecule has 0 radical (unpaired) electrons. The smallest absolute Gasteiger partial charge is 0.0720 e. The fourth-order valence-corrected chi connectivity index (χ4v) is 2.85. The summed E-state index contributed by atoms with van der Waals surface area (Å²) < 4.78 is 0. The topological polar surface area (TPSA) is 38.0 Å². The van der Waals surface area contributed by atoms with Gasteiger partial charge >= 0.3 is 0 Å². The lowest BCUT2D eigenvalue weighted by Crippen LogP contribution is -2.29. The van der Waals surface area contributed by atoms with Crippen LogP contribution in [-0.4, -0.2) is 0 Å². The molecule has 0 bridgehead atoms. The standard InChI is InChI=1S/C14H18N2S/c1-9-4-5-12(6-10(9)2)14(16-15)13-8-17-7-11(13)3/h4-8,14,16H,15H2,1-3H3. The fourth-order valence-electron chi connectivity index (χ4n) is 1.98. The van der Waals surface area contributed by atoms with Crippen LogP contribution in [0.5, 0.6) is 0 Å². The van der Waals surface area contributed by atoms with Crippen LogP contribution >= 0.6 is 11.3 Å². The average Bonchev–Trinajstić information content (AvgIpc) is 2.71. The van der Waals surface area contributed by atoms with Crippen molar-refractivity contribution < 1.29 is 0 Å². The third kappa shape index (κ3) is 2.41. The summed E-state index contributed by atoms with van der Waals surface area (Å²) in [6.07, 6.45) is 0. The van der Waals surface area contributed by atoms with Gasteiger partial charge in [0.25, 0.3) is 0 Å². The van der Waals surface area contributed by atoms with E-state index in [2.05, 4.69) is 55.2 Å². The molecule has 0 aliphatic rings. The van der Waals surface area contributed by atoms with Gasteiger partial charge in [0, 0.05) is 0 Å². The maximum Gasteiger partial charge on any atom is 0.0720 e. The van der Waals surface area contributed by atoms with E-state index in [1.165, 1.54) is 27.8 Å². The zero-order chi connectivity index (χ0) is 12.4. The lowest BCUT2D eigenvalue weighted by molar-refractivity contribution is 0.635. The third-order valence-electron chi connectivity index (χ3n) is 3.24. The van der Waals surface area contributed by atoms with Gasteiger partial charge in [0.15, 0.2) is 0 Å². The van der Waals surface area contributed by atoms with Crippen LogP contribution in [0.3, 0.4) is 0 Å². The molecule has 17 heavy (non-hydrogen) atoms. The predicted molar refractivity (Wildman–Crippen MR) is 74.1 cm³/mol. The summed E-state index contributed by atoms with van der Waals surface area (Å²) in [6.45, 7) is 6.38. The van der Waals surface area contributed by atoms with Gasteiger partial charge in [-0.25, -0.2) is 5.43 Å². The van der Waals surface area contributed by atoms with Crippen molar-refractivity contribution in [3.63, 3.8) is 0 Å². The van der Waals surface area contributed by atoms with E-state index in [0.29, 0.717) is 0 Å². The first-order chi connectivity index (χ1) is 8.13. The number of hydrogen-bond acceptors (Lipinski definition) is 3. The van der Waals surface area contributed by atoms with Crippen molar-refractivity contribution in [2.24, 2.45) is 5.84 Å². The van der Waals surface area contributed by atoms with Crippen LogP contribution < -0.4 is 11.3 Å². The Labute approximate surface area is 106 Å². The zero-order valence-corrected chi connectivity index (χ0v) is 11.3. The van der Waals surface area contributed by atoms with Crippen LogP contribution in [0.15, 0.2) is 29.0 Å². The number of aryl methyl sites for hydroxylation is 3. The highest BCUT2D eigenvalue weighted by atomic mass is 32.1. The Morgan fingerprint density at radius 3 is 2.35 bits per heavy atom. The monoisotopic (exact) mass is 246 g/mol. The molecule has 0 saturated heterocycles. The van der Waals surface area contributed by atoms with Crippen molar-refractivity contribution in [3.05, 3.63) is 56.8 Å². The van der Waals surface area contributed by atoms with E-state index in [1.807, 2.05) is 0 Å². The van der Waals surface area contributed by atoms with Crippen LogP contribution in [0, 0.1) is 20.8 Å². The van der Waals surface area contributed by atoms with Gasteiger partial charge in [-0.05, 0) is 59.3 Å². The Kier molecular flexibility index (Phi) is 3.62. The molecule has 0 fully saturated rings. The summed E-state index contributed by atoms with van der Waals surface area (Å²) in [7, 11) is 0. The molecule has 1 heterocycles. The van der Waals surface area contributed by atoms with Gasteiger partial charge in [0.2, 0.25) is 0 Å². The van der Waals surface area contributed by atoms with Gasteiger partial charge in [0.1, 0.15) is 0 Å². The van der Waals surface area contributed by atoms with Crippen LogP contribution in [0.4, 0.5) is 0 Å². The normalized spacial score (nSPS) is 12.7. The number of rotatable bonds is 3. The molecule has 1 aromatic heterocycles. The highest BCUT2D eigenvalue weighted by Gasteiger charge is 2.15. The van der Waals surface area contributed by atoms with Crippen molar-refractivity contribution >= 4 is 11.3 Å². The Morgan fingerprint density at radius 2 is 1.82 bits per heavy atom. The first kappa shape index (κ1) is 12.3. The molecule has 2 aromatic rings. The minimum Gasteiger partial charge on any atom is -0.271 e. The Bertz CT molecular complexity index is 517. The minimum atomic E-state index is 0.0838. The number of thiophene rings is 1. The van der Waals surface area contributed by atoms with E-state index in [4.69, 9.17) is 5.84 Å². The summed E-state index contributed by atoms with van der Waals surface area (Å²) in [5.41, 5.74) is 9.30. The van der Waals surface area contributed by atoms with Crippen molar-refractivity contribution in [3.8, 4) is 0 Å². The van der Waals surface area contributed by atoms with Gasteiger partial charge in [-0.2, -0.15) is 11.3 Å². The number of nitrogens with two attached hydrogens (primary N) is 1. The Morgan fingerprint density at radius 1 is 1.06 bits per heavy atom. The van der Waals surface area contributed by atoms with E-state index in [9.17, 15) is 0 Å². The van der Waals surface area contributed by atoms with E-state index in [-0.39, 0.29) is 6.04 Å². The van der Waals surface area contributed by atoms with Crippen molar-refractivity contribution in [1.82, 2.24) is 5.43 Å². The highest BCUT2D eigenvalue weighted by Crippen LogP contribution is 2.28. The van der Waals surface area contributed by atoms with Crippen LogP contribution in [-0.2, 0) is 0 Å². The van der Waals surface area contributed by atoms with Gasteiger partial charge in [-0.15, -0.1) is 0 Å². The molecule has 2 nitrogen and oxygen atoms in total. The number of hydrazine groups is 1. The summed E-state index contributed by atoms with van der Waals surface area (Å²) in [5, 5.41) is 4.32. The molecule has 0 amide bonds. The second kappa shape index (κ2) is 5.00. The molecular formula is C14H18N2S. The average molecular weight is 246 g/mol. The van der Waals surface area contributed by atoms with E-state index in [1.54, 1.807) is 11.3 Å². The fraction of sp³-hybridized carbons (Fsp3) is 0.286. The SMILES string of the molecule is Cc1ccc(C(NN)c2cscc2C)cc1C. The maximum atomic E-state index is 5.71. The molecule has 1 atom stereocenters. The molecular weight excluding hydrogens is 228 g/mol. The van der Waals surface area contributed by atoms with Crippen molar-refractivity contribution in [2.45, 2.75) is 26.8 Å². The molecule has 1 unspecified atom stereocenters. The van der Waals surface area contributed by atoms with Gasteiger partial charge in [-0.1, -0.05) is 18.2 Å². The second-order valence-corrected chi connectivity index (χ2v) is 5.20. The Balaban J connectivity index is 2.42. The molecule has 1 aromatic carbocycles. The summed E-state index contributed by atoms with van der Waals surface area (Å²) in [4.78, 5) is 0. The largest absolute Gasteiger partial charge is 0.271 e. The van der Waals surface area contributed by atoms with Gasteiger partial charge in [-0.3, -0.25) is 5.84 Å². The minimum absolute atomic E-state index is 0.0838. The van der Waals surface area contributed by atoms with E-state index < -0.39 is 0 Å². The summed E-state index contributed by atoms with van der Waals surface area (Å²) >= 11 is 1.72. The van der Waals surface area contributed by atoms with Crippen LogP contribution in [0.25, 0.3) is 0 Å². The lowest BCUT2D eigenvalue weighted by atomic mass is 9.96. The summed E-state index contributed by atoms with van der Waals surface area (Å²) in [6, 6.07) is 6.58. The van der Waals surface area contributed by atoms with Gasteiger partial charge in [0.05, 0.1) is 6.04 Å². The van der Waals surface area contributed by atoms with E-state index >= 15 is 0 Å². The highest BCUT2D eigenvalue weighted by molar-refractivity contribution is 7.08. The number of hydrogen-bond donors (Lipinski definition) is 2. The number of nitrogens with one attached hydrogen (secondary N) is 1. The third-order valence-corrected chi connectivity index (χ3v) is 4.12. The molecule has 2 rings (SSSR count). The molecule has 90 valence electrons. The van der Waals surface area contributed by atoms with Gasteiger partial charge < -0.3 is 0 Å². The summed E-state index contributed by atoms with van der Waals surface area (Å²) in [5.74, 6) is 5.71. The molecule has 3 heteroatoms. The molecule has 0 aliphatic heterocycles. The molecule has 3 N–H and O–H groups in total. The van der Waals surface area contributed by atoms with E-state index in [0.717, 1.165) is 0 Å². The molecule has 0 saturated carbocycles. The van der Waals surface area contributed by atoms with Crippen LogP contribution in [0.1, 0.15) is 33.9 Å². The van der Waals surface area contributed by atoms with Crippen molar-refractivity contribution in [2.75, 3.05) is 0 Å². The van der Waals surface area contributed by atoms with Crippen molar-refractivity contribution in [1.29, 1.82) is 0 Å². The quantitative estimate of drug-likeness (QED) is 0.644. The lowest BCUT2D eigenvalue weighted by Gasteiger charge is -2.17. The molecule has 0 aliphatic carbocycles. The number of benzene rings is 1. The zero-order valence-electron chi connectivity index (χ0n) is 10.4. The maximum absolute atomic E-state index is 5.71. The second-order valence-electron chi connectivity index (χ2n) is 4.45. The molecule has 0 spiro atoms. The first-order valence-electron chi connectivity index (χ1n) is 5.69. The van der Waals surface area contributed by atoms with Crippen LogP contribution in [0.2, 0.25) is 0 Å². The Hall–Kier alpha value is -1.16.